The second-order valence-electron chi connectivity index (χ2n) is 2.48. The second-order valence-corrected chi connectivity index (χ2v) is 2.48. The van der Waals surface area contributed by atoms with Crippen LogP contribution in [0.1, 0.15) is 20.8 Å². The zero-order valence-corrected chi connectivity index (χ0v) is 8.37. The van der Waals surface area contributed by atoms with Crippen molar-refractivity contribution in [2.45, 2.75) is 26.9 Å². The topological polar surface area (TPSA) is 57.6 Å². The van der Waals surface area contributed by atoms with Gasteiger partial charge in [0.15, 0.2) is 0 Å². The SMILES string of the molecule is CC.CC(O)C1=CC(=O)N(C)C1=O. The van der Waals surface area contributed by atoms with E-state index in [1.54, 1.807) is 0 Å². The van der Waals surface area contributed by atoms with Gasteiger partial charge in [0.2, 0.25) is 0 Å². The molecule has 0 radical (unpaired) electrons. The fraction of sp³-hybridized carbons (Fsp3) is 0.556. The number of nitrogens with zero attached hydrogens (tertiary/aromatic N) is 1. The Balaban J connectivity index is 0.000000671. The predicted molar refractivity (Wildman–Crippen MR) is 48.9 cm³/mol. The Morgan fingerprint density at radius 1 is 1.38 bits per heavy atom. The van der Waals surface area contributed by atoms with E-state index in [-0.39, 0.29) is 11.5 Å². The van der Waals surface area contributed by atoms with E-state index in [0.29, 0.717) is 0 Å². The van der Waals surface area contributed by atoms with Crippen LogP contribution in [0.3, 0.4) is 0 Å². The average Bonchev–Trinajstić information content (AvgIpc) is 2.36. The van der Waals surface area contributed by atoms with Gasteiger partial charge in [-0.15, -0.1) is 0 Å². The summed E-state index contributed by atoms with van der Waals surface area (Å²) in [7, 11) is 1.39. The van der Waals surface area contributed by atoms with Gasteiger partial charge in [0, 0.05) is 13.1 Å². The van der Waals surface area contributed by atoms with Gasteiger partial charge in [0.05, 0.1) is 11.7 Å². The molecule has 74 valence electrons. The maximum Gasteiger partial charge on any atom is 0.259 e. The molecule has 0 aromatic heterocycles. The van der Waals surface area contributed by atoms with E-state index in [1.165, 1.54) is 14.0 Å². The van der Waals surface area contributed by atoms with Gasteiger partial charge in [-0.2, -0.15) is 0 Å². The lowest BCUT2D eigenvalue weighted by atomic mass is 10.2. The van der Waals surface area contributed by atoms with Crippen LogP contribution in [0, 0.1) is 0 Å². The number of aliphatic hydroxyl groups is 1. The van der Waals surface area contributed by atoms with Crippen LogP contribution in [-0.4, -0.2) is 35.0 Å². The molecule has 1 rings (SSSR count). The highest BCUT2D eigenvalue weighted by Crippen LogP contribution is 2.13. The lowest BCUT2D eigenvalue weighted by Gasteiger charge is -2.07. The van der Waals surface area contributed by atoms with Crippen LogP contribution >= 0.6 is 0 Å². The summed E-state index contributed by atoms with van der Waals surface area (Å²) < 4.78 is 0. The smallest absolute Gasteiger partial charge is 0.259 e. The van der Waals surface area contributed by atoms with Crippen molar-refractivity contribution in [3.05, 3.63) is 11.6 Å². The summed E-state index contributed by atoms with van der Waals surface area (Å²) in [6.07, 6.45) is 0.295. The number of imide groups is 1. The molecule has 0 aromatic rings. The summed E-state index contributed by atoms with van der Waals surface area (Å²) in [5.41, 5.74) is 0.164. The molecule has 0 saturated carbocycles. The number of carbonyl (C=O) groups is 2. The molecule has 13 heavy (non-hydrogen) atoms. The third-order valence-corrected chi connectivity index (χ3v) is 1.61. The quantitative estimate of drug-likeness (QED) is 0.598. The number of likely N-dealkylation sites (N-methyl/N-ethyl adjacent to an activating group) is 1. The third-order valence-electron chi connectivity index (χ3n) is 1.61. The standard InChI is InChI=1S/C7H9NO3.C2H6/c1-4(9)5-3-6(10)8(2)7(5)11;1-2/h3-4,9H,1-2H3;1-2H3. The molecule has 0 aliphatic carbocycles. The summed E-state index contributed by atoms with van der Waals surface area (Å²) >= 11 is 0. The number of carbonyl (C=O) groups excluding carboxylic acids is 2. The molecular formula is C9H15NO3. The summed E-state index contributed by atoms with van der Waals surface area (Å²) in [6.45, 7) is 5.45. The first-order valence-corrected chi connectivity index (χ1v) is 4.25. The molecule has 4 heteroatoms. The zero-order valence-electron chi connectivity index (χ0n) is 8.37. The molecule has 0 spiro atoms. The van der Waals surface area contributed by atoms with Crippen LogP contribution in [0.4, 0.5) is 0 Å². The molecule has 1 heterocycles. The van der Waals surface area contributed by atoms with Crippen LogP contribution in [0.5, 0.6) is 0 Å². The largest absolute Gasteiger partial charge is 0.388 e. The highest BCUT2D eigenvalue weighted by molar-refractivity contribution is 6.16. The van der Waals surface area contributed by atoms with Gasteiger partial charge in [-0.1, -0.05) is 13.8 Å². The van der Waals surface area contributed by atoms with Crippen LogP contribution in [0.25, 0.3) is 0 Å². The molecule has 0 fully saturated rings. The summed E-state index contributed by atoms with van der Waals surface area (Å²) in [5, 5.41) is 8.99. The average molecular weight is 185 g/mol. The predicted octanol–water partition coefficient (Wildman–Crippen LogP) is 0.318. The van der Waals surface area contributed by atoms with Crippen LogP contribution < -0.4 is 0 Å². The van der Waals surface area contributed by atoms with Gasteiger partial charge < -0.3 is 5.11 Å². The Hall–Kier alpha value is -1.16. The van der Waals surface area contributed by atoms with E-state index in [2.05, 4.69) is 0 Å². The van der Waals surface area contributed by atoms with E-state index in [1.807, 2.05) is 13.8 Å². The van der Waals surface area contributed by atoms with Crippen LogP contribution in [-0.2, 0) is 9.59 Å². The molecule has 1 aliphatic rings. The Labute approximate surface area is 77.8 Å². The fourth-order valence-electron chi connectivity index (χ4n) is 0.885. The highest BCUT2D eigenvalue weighted by atomic mass is 16.3. The van der Waals surface area contributed by atoms with E-state index >= 15 is 0 Å². The van der Waals surface area contributed by atoms with Crippen LogP contribution in [0.15, 0.2) is 11.6 Å². The van der Waals surface area contributed by atoms with Gasteiger partial charge in [0.25, 0.3) is 11.8 Å². The summed E-state index contributed by atoms with van der Waals surface area (Å²) in [5.74, 6) is -0.782. The van der Waals surface area contributed by atoms with Gasteiger partial charge in [0.1, 0.15) is 0 Å². The lowest BCUT2D eigenvalue weighted by Crippen LogP contribution is -2.28. The van der Waals surface area contributed by atoms with Crippen molar-refractivity contribution < 1.29 is 14.7 Å². The van der Waals surface area contributed by atoms with E-state index < -0.39 is 12.0 Å². The Morgan fingerprint density at radius 3 is 2.00 bits per heavy atom. The molecule has 1 atom stereocenters. The maximum atomic E-state index is 11.0. The van der Waals surface area contributed by atoms with Gasteiger partial charge in [-0.25, -0.2) is 0 Å². The van der Waals surface area contributed by atoms with Crippen LogP contribution in [0.2, 0.25) is 0 Å². The van der Waals surface area contributed by atoms with Gasteiger partial charge in [-0.3, -0.25) is 14.5 Å². The van der Waals surface area contributed by atoms with E-state index in [9.17, 15) is 9.59 Å². The first-order valence-electron chi connectivity index (χ1n) is 4.25. The lowest BCUT2D eigenvalue weighted by molar-refractivity contribution is -0.135. The first kappa shape index (κ1) is 11.8. The van der Waals surface area contributed by atoms with Crippen molar-refractivity contribution in [1.29, 1.82) is 0 Å². The second kappa shape index (κ2) is 4.77. The number of hydrogen-bond acceptors (Lipinski definition) is 3. The van der Waals surface area contributed by atoms with E-state index in [0.717, 1.165) is 11.0 Å². The zero-order chi connectivity index (χ0) is 10.6. The van der Waals surface area contributed by atoms with Gasteiger partial charge >= 0.3 is 0 Å². The van der Waals surface area contributed by atoms with Crippen molar-refractivity contribution in [3.8, 4) is 0 Å². The molecule has 0 bridgehead atoms. The monoisotopic (exact) mass is 185 g/mol. The first-order chi connectivity index (χ1) is 6.04. The Morgan fingerprint density at radius 2 is 1.85 bits per heavy atom. The summed E-state index contributed by atoms with van der Waals surface area (Å²) in [6, 6.07) is 0. The maximum absolute atomic E-state index is 11.0. The van der Waals surface area contributed by atoms with Crippen molar-refractivity contribution in [2.75, 3.05) is 7.05 Å². The van der Waals surface area contributed by atoms with Crippen molar-refractivity contribution >= 4 is 11.8 Å². The minimum absolute atomic E-state index is 0.164. The molecule has 1 unspecified atom stereocenters. The third kappa shape index (κ3) is 2.39. The van der Waals surface area contributed by atoms with E-state index in [4.69, 9.17) is 5.11 Å². The number of amides is 2. The highest BCUT2D eigenvalue weighted by Gasteiger charge is 2.29. The molecule has 1 N–H and O–H groups in total. The number of hydrogen-bond donors (Lipinski definition) is 1. The normalized spacial score (nSPS) is 17.9. The van der Waals surface area contributed by atoms with Crippen molar-refractivity contribution in [1.82, 2.24) is 4.90 Å². The summed E-state index contributed by atoms with van der Waals surface area (Å²) in [4.78, 5) is 22.8. The number of rotatable bonds is 1. The molecule has 1 aliphatic heterocycles. The van der Waals surface area contributed by atoms with Gasteiger partial charge in [-0.05, 0) is 6.92 Å². The minimum Gasteiger partial charge on any atom is -0.388 e. The fourth-order valence-corrected chi connectivity index (χ4v) is 0.885. The van der Waals surface area contributed by atoms with Crippen molar-refractivity contribution in [3.63, 3.8) is 0 Å². The molecule has 4 nitrogen and oxygen atoms in total. The molecule has 2 amide bonds. The Kier molecular flexibility index (Phi) is 4.34. The molecular weight excluding hydrogens is 170 g/mol. The Bertz CT molecular complexity index is 243. The van der Waals surface area contributed by atoms with Crippen molar-refractivity contribution in [2.24, 2.45) is 0 Å². The minimum atomic E-state index is -0.864. The molecule has 0 saturated heterocycles. The molecule has 0 aromatic carbocycles. The number of aliphatic hydroxyl groups excluding tert-OH is 1.